The molecule has 0 fully saturated rings. The van der Waals surface area contributed by atoms with Crippen LogP contribution in [0.25, 0.3) is 0 Å². The van der Waals surface area contributed by atoms with Gasteiger partial charge >= 0.3 is 0 Å². The molecule has 1 atom stereocenters. The van der Waals surface area contributed by atoms with Crippen molar-refractivity contribution in [2.24, 2.45) is 0 Å². The molecule has 0 saturated heterocycles. The zero-order valence-corrected chi connectivity index (χ0v) is 18.0. The first-order chi connectivity index (χ1) is 14.9. The number of benzene rings is 1. The molecule has 1 aromatic carbocycles. The summed E-state index contributed by atoms with van der Waals surface area (Å²) in [5.74, 6) is -0.497. The van der Waals surface area contributed by atoms with Gasteiger partial charge in [-0.1, -0.05) is 30.3 Å². The van der Waals surface area contributed by atoms with E-state index in [1.54, 1.807) is 41.7 Å². The normalized spacial score (nSPS) is 11.7. The Labute approximate surface area is 180 Å². The number of rotatable bonds is 8. The van der Waals surface area contributed by atoms with Gasteiger partial charge in [0.1, 0.15) is 5.56 Å². The second kappa shape index (κ2) is 9.88. The number of anilines is 1. The monoisotopic (exact) mass is 421 g/mol. The lowest BCUT2D eigenvalue weighted by Crippen LogP contribution is -2.32. The Morgan fingerprint density at radius 1 is 1.16 bits per heavy atom. The van der Waals surface area contributed by atoms with E-state index in [0.29, 0.717) is 30.6 Å². The number of nitrogens with one attached hydrogen (secondary N) is 2. The molecule has 31 heavy (non-hydrogen) atoms. The summed E-state index contributed by atoms with van der Waals surface area (Å²) in [5.41, 5.74) is 1.86. The fourth-order valence-corrected chi connectivity index (χ4v) is 3.38. The molecule has 8 heteroatoms. The van der Waals surface area contributed by atoms with Crippen molar-refractivity contribution in [3.63, 3.8) is 0 Å². The molecule has 0 aliphatic heterocycles. The third-order valence-corrected chi connectivity index (χ3v) is 5.22. The number of nitrogens with zero attached hydrogens (tertiary/aromatic N) is 3. The molecule has 8 nitrogen and oxygen atoms in total. The van der Waals surface area contributed by atoms with Gasteiger partial charge in [-0.15, -0.1) is 0 Å². The molecule has 0 saturated carbocycles. The van der Waals surface area contributed by atoms with E-state index < -0.39 is 5.91 Å². The number of carbonyl (C=O) groups is 2. The Morgan fingerprint density at radius 3 is 2.61 bits per heavy atom. The number of pyridine rings is 1. The lowest BCUT2D eigenvalue weighted by molar-refractivity contribution is -0.120. The highest BCUT2D eigenvalue weighted by Gasteiger charge is 2.19. The molecule has 3 rings (SSSR count). The highest BCUT2D eigenvalue weighted by atomic mass is 16.2. The number of carbonyl (C=O) groups excluding carboxylic acids is 2. The number of hydrogen-bond acceptors (Lipinski definition) is 4. The van der Waals surface area contributed by atoms with Crippen molar-refractivity contribution in [1.82, 2.24) is 19.7 Å². The van der Waals surface area contributed by atoms with Crippen molar-refractivity contribution in [2.45, 2.75) is 39.3 Å². The molecule has 0 radical (unpaired) electrons. The largest absolute Gasteiger partial charge is 0.359 e. The minimum Gasteiger partial charge on any atom is -0.359 e. The van der Waals surface area contributed by atoms with Gasteiger partial charge in [0.2, 0.25) is 5.91 Å². The molecule has 3 aromatic rings. The maximum Gasteiger partial charge on any atom is 0.264 e. The van der Waals surface area contributed by atoms with Crippen LogP contribution >= 0.6 is 0 Å². The second-order valence-corrected chi connectivity index (χ2v) is 7.40. The van der Waals surface area contributed by atoms with Crippen molar-refractivity contribution in [3.8, 4) is 0 Å². The van der Waals surface area contributed by atoms with E-state index in [0.717, 1.165) is 5.56 Å². The molecule has 0 aliphatic rings. The molecule has 1 unspecified atom stereocenters. The fraction of sp³-hybridized carbons (Fsp3) is 0.304. The van der Waals surface area contributed by atoms with Gasteiger partial charge in [-0.2, -0.15) is 5.10 Å². The van der Waals surface area contributed by atoms with Gasteiger partial charge in [0, 0.05) is 32.4 Å². The number of aromatic nitrogens is 3. The van der Waals surface area contributed by atoms with Crippen LogP contribution in [0.2, 0.25) is 0 Å². The van der Waals surface area contributed by atoms with Crippen LogP contribution in [-0.4, -0.2) is 33.2 Å². The van der Waals surface area contributed by atoms with E-state index in [9.17, 15) is 14.4 Å². The molecule has 2 heterocycles. The van der Waals surface area contributed by atoms with E-state index in [-0.39, 0.29) is 23.1 Å². The zero-order valence-electron chi connectivity index (χ0n) is 18.0. The first kappa shape index (κ1) is 22.0. The highest BCUT2D eigenvalue weighted by molar-refractivity contribution is 6.04. The van der Waals surface area contributed by atoms with Crippen LogP contribution in [0.5, 0.6) is 0 Å². The van der Waals surface area contributed by atoms with E-state index >= 15 is 0 Å². The maximum atomic E-state index is 13.1. The van der Waals surface area contributed by atoms with E-state index in [1.807, 2.05) is 37.3 Å². The summed E-state index contributed by atoms with van der Waals surface area (Å²) in [5, 5.41) is 9.54. The SMILES string of the molecule is CNC(=O)CCCn1cc(NC(=O)c2c(C)ccn(C(C)c3ccccc3)c2=O)cn1. The molecule has 2 N–H and O–H groups in total. The van der Waals surface area contributed by atoms with E-state index in [2.05, 4.69) is 15.7 Å². The van der Waals surface area contributed by atoms with Gasteiger partial charge in [-0.05, 0) is 37.5 Å². The summed E-state index contributed by atoms with van der Waals surface area (Å²) in [6.45, 7) is 4.22. The number of amides is 2. The summed E-state index contributed by atoms with van der Waals surface area (Å²) in [6.07, 6.45) is 5.97. The van der Waals surface area contributed by atoms with Gasteiger partial charge < -0.3 is 15.2 Å². The average Bonchev–Trinajstić information content (AvgIpc) is 3.21. The first-order valence-electron chi connectivity index (χ1n) is 10.2. The van der Waals surface area contributed by atoms with Gasteiger partial charge in [-0.25, -0.2) is 0 Å². The predicted octanol–water partition coefficient (Wildman–Crippen LogP) is 2.74. The summed E-state index contributed by atoms with van der Waals surface area (Å²) in [6, 6.07) is 11.2. The van der Waals surface area contributed by atoms with Crippen molar-refractivity contribution >= 4 is 17.5 Å². The summed E-state index contributed by atoms with van der Waals surface area (Å²) in [7, 11) is 1.60. The third kappa shape index (κ3) is 5.28. The van der Waals surface area contributed by atoms with Crippen molar-refractivity contribution < 1.29 is 9.59 Å². The lowest BCUT2D eigenvalue weighted by atomic mass is 10.1. The Kier molecular flexibility index (Phi) is 7.02. The van der Waals surface area contributed by atoms with Gasteiger partial charge in [0.25, 0.3) is 11.5 Å². The minimum absolute atomic E-state index is 0.0266. The van der Waals surface area contributed by atoms with E-state index in [4.69, 9.17) is 0 Å². The van der Waals surface area contributed by atoms with Crippen LogP contribution in [0.15, 0.2) is 59.8 Å². The molecule has 0 spiro atoms. The quantitative estimate of drug-likeness (QED) is 0.584. The number of hydrogen-bond donors (Lipinski definition) is 2. The minimum atomic E-state index is -0.470. The van der Waals surface area contributed by atoms with Crippen LogP contribution < -0.4 is 16.2 Å². The van der Waals surface area contributed by atoms with Crippen molar-refractivity contribution in [2.75, 3.05) is 12.4 Å². The summed E-state index contributed by atoms with van der Waals surface area (Å²) < 4.78 is 3.23. The topological polar surface area (TPSA) is 98.0 Å². The lowest BCUT2D eigenvalue weighted by Gasteiger charge is -2.17. The zero-order chi connectivity index (χ0) is 22.4. The number of aryl methyl sites for hydroxylation is 2. The molecule has 162 valence electrons. The van der Waals surface area contributed by atoms with Crippen LogP contribution in [0.1, 0.15) is 47.3 Å². The van der Waals surface area contributed by atoms with Crippen LogP contribution in [0, 0.1) is 6.92 Å². The van der Waals surface area contributed by atoms with Gasteiger partial charge in [-0.3, -0.25) is 19.1 Å². The van der Waals surface area contributed by atoms with E-state index in [1.165, 1.54) is 6.20 Å². The fourth-order valence-electron chi connectivity index (χ4n) is 3.38. The Balaban J connectivity index is 1.75. The van der Waals surface area contributed by atoms with Gasteiger partial charge in [0.05, 0.1) is 17.9 Å². The van der Waals surface area contributed by atoms with Crippen molar-refractivity contribution in [1.29, 1.82) is 0 Å². The van der Waals surface area contributed by atoms with Crippen LogP contribution in [0.3, 0.4) is 0 Å². The Bertz CT molecular complexity index is 1120. The average molecular weight is 422 g/mol. The van der Waals surface area contributed by atoms with Crippen LogP contribution in [0.4, 0.5) is 5.69 Å². The van der Waals surface area contributed by atoms with Gasteiger partial charge in [0.15, 0.2) is 0 Å². The first-order valence-corrected chi connectivity index (χ1v) is 10.2. The summed E-state index contributed by atoms with van der Waals surface area (Å²) >= 11 is 0. The van der Waals surface area contributed by atoms with Crippen molar-refractivity contribution in [3.05, 3.63) is 82.0 Å². The maximum absolute atomic E-state index is 13.1. The second-order valence-electron chi connectivity index (χ2n) is 7.40. The molecular formula is C23H27N5O3. The van der Waals surface area contributed by atoms with Crippen LogP contribution in [-0.2, 0) is 11.3 Å². The molecule has 2 aromatic heterocycles. The molecule has 2 amide bonds. The molecule has 0 aliphatic carbocycles. The Morgan fingerprint density at radius 2 is 1.90 bits per heavy atom. The smallest absolute Gasteiger partial charge is 0.264 e. The highest BCUT2D eigenvalue weighted by Crippen LogP contribution is 2.17. The predicted molar refractivity (Wildman–Crippen MR) is 119 cm³/mol. The molecule has 0 bridgehead atoms. The molecular weight excluding hydrogens is 394 g/mol. The Hall–Kier alpha value is -3.68. The standard InChI is InChI=1S/C23H27N5O3/c1-16-11-13-28(17(2)18-8-5-4-6-9-18)23(31)21(16)22(30)26-19-14-25-27(15-19)12-7-10-20(29)24-3/h4-6,8-9,11,13-15,17H,7,10,12H2,1-3H3,(H,24,29)(H,26,30). The summed E-state index contributed by atoms with van der Waals surface area (Å²) in [4.78, 5) is 37.3. The third-order valence-electron chi connectivity index (χ3n) is 5.22.